The third-order valence-corrected chi connectivity index (χ3v) is 5.12. The van der Waals surface area contributed by atoms with Gasteiger partial charge in [0.15, 0.2) is 0 Å². The van der Waals surface area contributed by atoms with Crippen LogP contribution in [-0.4, -0.2) is 39.8 Å². The molecule has 0 saturated carbocycles. The number of aliphatic imine (C=N–C) groups is 1. The molecular weight excluding hydrogens is 342 g/mol. The van der Waals surface area contributed by atoms with Gasteiger partial charge in [-0.05, 0) is 43.5 Å². The zero-order chi connectivity index (χ0) is 18.5. The fourth-order valence-corrected chi connectivity index (χ4v) is 3.35. The Kier molecular flexibility index (Phi) is 5.73. The molecule has 0 aliphatic carbocycles. The second kappa shape index (κ2) is 8.19. The molecule has 0 N–H and O–H groups in total. The Morgan fingerprint density at radius 3 is 2.73 bits per heavy atom. The minimum atomic E-state index is 0.813. The molecule has 2 aromatic heterocycles. The number of benzene rings is 1. The van der Waals surface area contributed by atoms with Crippen LogP contribution in [0.25, 0.3) is 11.4 Å². The lowest BCUT2D eigenvalue weighted by Crippen LogP contribution is -2.14. The van der Waals surface area contributed by atoms with Crippen LogP contribution in [0, 0.1) is 13.8 Å². The molecule has 0 bridgehead atoms. The van der Waals surface area contributed by atoms with Crippen molar-refractivity contribution in [3.05, 3.63) is 57.8 Å². The van der Waals surface area contributed by atoms with Gasteiger partial charge in [-0.2, -0.15) is 0 Å². The van der Waals surface area contributed by atoms with E-state index in [2.05, 4.69) is 52.8 Å². The highest BCUT2D eigenvalue weighted by atomic mass is 32.1. The fraction of sp³-hybridized carbons (Fsp3) is 0.300. The molecule has 1 aromatic carbocycles. The van der Waals surface area contributed by atoms with Crippen molar-refractivity contribution in [2.45, 2.75) is 27.2 Å². The van der Waals surface area contributed by atoms with Crippen molar-refractivity contribution in [3.8, 4) is 11.4 Å². The summed E-state index contributed by atoms with van der Waals surface area (Å²) in [5, 5.41) is 3.12. The first-order chi connectivity index (χ1) is 12.6. The lowest BCUT2D eigenvalue weighted by atomic mass is 10.0. The molecule has 3 aromatic rings. The quantitative estimate of drug-likeness (QED) is 0.479. The van der Waals surface area contributed by atoms with Crippen molar-refractivity contribution in [1.82, 2.24) is 19.9 Å². The van der Waals surface area contributed by atoms with Crippen molar-refractivity contribution < 1.29 is 0 Å². The average molecular weight is 366 g/mol. The van der Waals surface area contributed by atoms with Crippen molar-refractivity contribution in [2.24, 2.45) is 4.99 Å². The number of nitrogens with zero attached hydrogens (tertiary/aromatic N) is 5. The van der Waals surface area contributed by atoms with Gasteiger partial charge in [0.25, 0.3) is 0 Å². The third-order valence-electron chi connectivity index (χ3n) is 4.27. The maximum atomic E-state index is 4.72. The Hall–Kier alpha value is -2.60. The Bertz CT molecular complexity index is 902. The smallest absolute Gasteiger partial charge is 0.108 e. The molecule has 2 heterocycles. The first-order valence-corrected chi connectivity index (χ1v) is 9.50. The summed E-state index contributed by atoms with van der Waals surface area (Å²) in [7, 11) is 2.03. The molecule has 0 saturated heterocycles. The second-order valence-electron chi connectivity index (χ2n) is 6.28. The van der Waals surface area contributed by atoms with Crippen molar-refractivity contribution in [1.29, 1.82) is 0 Å². The van der Waals surface area contributed by atoms with E-state index in [0.717, 1.165) is 35.0 Å². The minimum Gasteiger partial charge on any atom is -0.366 e. The van der Waals surface area contributed by atoms with Crippen molar-refractivity contribution >= 4 is 23.4 Å². The number of thiazole rings is 1. The van der Waals surface area contributed by atoms with Crippen LogP contribution in [0.5, 0.6) is 0 Å². The summed E-state index contributed by atoms with van der Waals surface area (Å²) in [6, 6.07) is 4.37. The molecule has 0 spiro atoms. The van der Waals surface area contributed by atoms with Crippen LogP contribution in [0.1, 0.15) is 28.6 Å². The van der Waals surface area contributed by atoms with Gasteiger partial charge in [0.05, 0.1) is 23.2 Å². The summed E-state index contributed by atoms with van der Waals surface area (Å²) in [4.78, 5) is 19.8. The van der Waals surface area contributed by atoms with E-state index in [9.17, 15) is 0 Å². The van der Waals surface area contributed by atoms with Gasteiger partial charge in [-0.25, -0.2) is 9.98 Å². The number of hydrogen-bond donors (Lipinski definition) is 0. The maximum absolute atomic E-state index is 4.72. The van der Waals surface area contributed by atoms with Gasteiger partial charge >= 0.3 is 0 Å². The van der Waals surface area contributed by atoms with E-state index >= 15 is 0 Å². The van der Waals surface area contributed by atoms with E-state index in [0.29, 0.717) is 0 Å². The standard InChI is InChI=1S/C20H23N5S/c1-5-25(4)13-23-17-9-14(2)16(8-15(17)3)10-20-24-19(12-26-20)18-11-21-6-7-22-18/h6-9,11-13H,5,10H2,1-4H3/b23-13+. The number of aromatic nitrogens is 3. The first kappa shape index (κ1) is 18.2. The van der Waals surface area contributed by atoms with Gasteiger partial charge in [0.1, 0.15) is 11.4 Å². The number of aryl methyl sites for hydroxylation is 2. The highest BCUT2D eigenvalue weighted by Gasteiger charge is 2.10. The van der Waals surface area contributed by atoms with Crippen LogP contribution in [-0.2, 0) is 6.42 Å². The predicted octanol–water partition coefficient (Wildman–Crippen LogP) is 4.42. The van der Waals surface area contributed by atoms with Gasteiger partial charge < -0.3 is 4.90 Å². The highest BCUT2D eigenvalue weighted by Crippen LogP contribution is 2.27. The second-order valence-corrected chi connectivity index (χ2v) is 7.22. The zero-order valence-electron chi connectivity index (χ0n) is 15.6. The zero-order valence-corrected chi connectivity index (χ0v) is 16.4. The molecule has 0 atom stereocenters. The maximum Gasteiger partial charge on any atom is 0.108 e. The molecular formula is C20H23N5S. The molecule has 6 heteroatoms. The molecule has 0 aliphatic heterocycles. The van der Waals surface area contributed by atoms with Crippen LogP contribution < -0.4 is 0 Å². The van der Waals surface area contributed by atoms with E-state index in [1.165, 1.54) is 16.7 Å². The van der Waals surface area contributed by atoms with Crippen LogP contribution in [0.4, 0.5) is 5.69 Å². The van der Waals surface area contributed by atoms with Gasteiger partial charge in [0.2, 0.25) is 0 Å². The molecule has 0 unspecified atom stereocenters. The Morgan fingerprint density at radius 2 is 2.00 bits per heavy atom. The summed E-state index contributed by atoms with van der Waals surface area (Å²) in [6.45, 7) is 7.29. The molecule has 0 radical (unpaired) electrons. The van der Waals surface area contributed by atoms with E-state index in [4.69, 9.17) is 4.98 Å². The summed E-state index contributed by atoms with van der Waals surface area (Å²) >= 11 is 1.66. The minimum absolute atomic E-state index is 0.813. The van der Waals surface area contributed by atoms with E-state index < -0.39 is 0 Å². The van der Waals surface area contributed by atoms with E-state index in [1.807, 2.05) is 18.8 Å². The van der Waals surface area contributed by atoms with Gasteiger partial charge in [0, 0.05) is 37.8 Å². The average Bonchev–Trinajstić information content (AvgIpc) is 3.12. The highest BCUT2D eigenvalue weighted by molar-refractivity contribution is 7.10. The van der Waals surface area contributed by atoms with E-state index in [1.54, 1.807) is 29.9 Å². The van der Waals surface area contributed by atoms with Crippen LogP contribution in [0.3, 0.4) is 0 Å². The SMILES string of the molecule is CCN(C)/C=N/c1cc(C)c(Cc2nc(-c3cnccn3)cs2)cc1C. The lowest BCUT2D eigenvalue weighted by Gasteiger charge is -2.11. The predicted molar refractivity (Wildman–Crippen MR) is 108 cm³/mol. The Morgan fingerprint density at radius 1 is 1.15 bits per heavy atom. The number of hydrogen-bond acceptors (Lipinski definition) is 5. The van der Waals surface area contributed by atoms with Crippen molar-refractivity contribution in [3.63, 3.8) is 0 Å². The topological polar surface area (TPSA) is 54.3 Å². The van der Waals surface area contributed by atoms with E-state index in [-0.39, 0.29) is 0 Å². The Balaban J connectivity index is 1.79. The molecule has 0 aliphatic rings. The van der Waals surface area contributed by atoms with Crippen LogP contribution in [0.15, 0.2) is 41.1 Å². The van der Waals surface area contributed by atoms with Gasteiger partial charge in [-0.3, -0.25) is 9.97 Å². The summed E-state index contributed by atoms with van der Waals surface area (Å²) in [5.41, 5.74) is 6.41. The summed E-state index contributed by atoms with van der Waals surface area (Å²) < 4.78 is 0. The third kappa shape index (κ3) is 4.32. The first-order valence-electron chi connectivity index (χ1n) is 8.62. The van der Waals surface area contributed by atoms with Gasteiger partial charge in [-0.1, -0.05) is 6.07 Å². The lowest BCUT2D eigenvalue weighted by molar-refractivity contribution is 0.552. The largest absolute Gasteiger partial charge is 0.366 e. The molecule has 134 valence electrons. The fourth-order valence-electron chi connectivity index (χ4n) is 2.54. The molecule has 3 rings (SSSR count). The normalized spacial score (nSPS) is 11.2. The molecule has 0 fully saturated rings. The monoisotopic (exact) mass is 365 g/mol. The summed E-state index contributed by atoms with van der Waals surface area (Å²) in [6.07, 6.45) is 7.81. The molecule has 5 nitrogen and oxygen atoms in total. The summed E-state index contributed by atoms with van der Waals surface area (Å²) in [5.74, 6) is 0. The molecule has 0 amide bonds. The Labute approximate surface area is 158 Å². The van der Waals surface area contributed by atoms with Gasteiger partial charge in [-0.15, -0.1) is 11.3 Å². The van der Waals surface area contributed by atoms with Crippen molar-refractivity contribution in [2.75, 3.05) is 13.6 Å². The van der Waals surface area contributed by atoms with Crippen LogP contribution in [0.2, 0.25) is 0 Å². The number of rotatable bonds is 6. The van der Waals surface area contributed by atoms with Crippen LogP contribution >= 0.6 is 11.3 Å². The molecule has 26 heavy (non-hydrogen) atoms.